The van der Waals surface area contributed by atoms with Crippen molar-refractivity contribution in [1.82, 2.24) is 10.3 Å². The lowest BCUT2D eigenvalue weighted by molar-refractivity contribution is 0.490. The summed E-state index contributed by atoms with van der Waals surface area (Å²) in [6.45, 7) is 4.27. The third-order valence-corrected chi connectivity index (χ3v) is 3.38. The maximum atomic E-state index is 5.06. The van der Waals surface area contributed by atoms with E-state index in [0.29, 0.717) is 12.1 Å². The molecule has 2 heterocycles. The van der Waals surface area contributed by atoms with Gasteiger partial charge in [-0.1, -0.05) is 0 Å². The lowest BCUT2D eigenvalue weighted by Gasteiger charge is -2.17. The molecule has 0 bridgehead atoms. The zero-order chi connectivity index (χ0) is 10.7. The smallest absolute Gasteiger partial charge is 0.0950 e. The number of rotatable bonds is 4. The topological polar surface area (TPSA) is 38.1 Å². The third-order valence-electron chi connectivity index (χ3n) is 2.42. The second-order valence-electron chi connectivity index (χ2n) is 3.57. The predicted molar refractivity (Wildman–Crippen MR) is 60.8 cm³/mol. The van der Waals surface area contributed by atoms with Gasteiger partial charge >= 0.3 is 0 Å². The summed E-state index contributed by atoms with van der Waals surface area (Å²) in [7, 11) is 0. The Labute approximate surface area is 93.2 Å². The Balaban J connectivity index is 1.98. The summed E-state index contributed by atoms with van der Waals surface area (Å²) in [4.78, 5) is 5.33. The van der Waals surface area contributed by atoms with E-state index in [4.69, 9.17) is 4.42 Å². The highest BCUT2D eigenvalue weighted by Crippen LogP contribution is 2.21. The highest BCUT2D eigenvalue weighted by atomic mass is 32.1. The molecule has 2 aromatic heterocycles. The molecule has 2 aromatic rings. The lowest BCUT2D eigenvalue weighted by atomic mass is 10.1. The minimum atomic E-state index is 0.292. The van der Waals surface area contributed by atoms with Crippen molar-refractivity contribution in [3.63, 3.8) is 0 Å². The van der Waals surface area contributed by atoms with Crippen molar-refractivity contribution in [2.45, 2.75) is 25.9 Å². The molecule has 80 valence electrons. The Hall–Kier alpha value is -1.13. The number of furan rings is 1. The van der Waals surface area contributed by atoms with E-state index in [1.165, 1.54) is 10.4 Å². The third kappa shape index (κ3) is 2.46. The molecule has 0 aliphatic heterocycles. The zero-order valence-corrected chi connectivity index (χ0v) is 9.62. The van der Waals surface area contributed by atoms with Crippen LogP contribution >= 0.6 is 11.3 Å². The van der Waals surface area contributed by atoms with Crippen molar-refractivity contribution in [2.24, 2.45) is 0 Å². The molecule has 0 aliphatic rings. The molecule has 0 aromatic carbocycles. The molecule has 1 N–H and O–H groups in total. The van der Waals surface area contributed by atoms with Crippen LogP contribution in [0.25, 0.3) is 0 Å². The van der Waals surface area contributed by atoms with Gasteiger partial charge in [0, 0.05) is 28.7 Å². The van der Waals surface area contributed by atoms with Crippen molar-refractivity contribution >= 4 is 11.3 Å². The normalized spacial score (nSPS) is 15.1. The van der Waals surface area contributed by atoms with Crippen LogP contribution in [0.2, 0.25) is 0 Å². The first kappa shape index (κ1) is 10.4. The van der Waals surface area contributed by atoms with Gasteiger partial charge in [0.1, 0.15) is 0 Å². The maximum Gasteiger partial charge on any atom is 0.0950 e. The van der Waals surface area contributed by atoms with Crippen molar-refractivity contribution in [3.05, 3.63) is 40.7 Å². The number of hydrogen-bond acceptors (Lipinski definition) is 4. The SMILES string of the molecule is CC(NC(C)c1cncs1)c1ccoc1. The first-order valence-corrected chi connectivity index (χ1v) is 5.82. The number of nitrogens with zero attached hydrogens (tertiary/aromatic N) is 1. The van der Waals surface area contributed by atoms with Gasteiger partial charge in [0.25, 0.3) is 0 Å². The van der Waals surface area contributed by atoms with E-state index in [1.54, 1.807) is 23.9 Å². The molecule has 2 unspecified atom stereocenters. The van der Waals surface area contributed by atoms with Crippen LogP contribution in [0.3, 0.4) is 0 Å². The molecule has 0 radical (unpaired) electrons. The standard InChI is InChI=1S/C11H14N2OS/c1-8(10-3-4-14-6-10)13-9(2)11-5-12-7-15-11/h3-9,13H,1-2H3. The largest absolute Gasteiger partial charge is 0.472 e. The summed E-state index contributed by atoms with van der Waals surface area (Å²) in [5.41, 5.74) is 3.03. The number of hydrogen-bond donors (Lipinski definition) is 1. The van der Waals surface area contributed by atoms with Gasteiger partial charge in [-0.15, -0.1) is 11.3 Å². The molecule has 15 heavy (non-hydrogen) atoms. The highest BCUT2D eigenvalue weighted by molar-refractivity contribution is 7.09. The zero-order valence-electron chi connectivity index (χ0n) is 8.81. The predicted octanol–water partition coefficient (Wildman–Crippen LogP) is 3.15. The van der Waals surface area contributed by atoms with Gasteiger partial charge in [0.05, 0.1) is 18.0 Å². The lowest BCUT2D eigenvalue weighted by Crippen LogP contribution is -2.21. The van der Waals surface area contributed by atoms with Crippen LogP contribution < -0.4 is 5.32 Å². The van der Waals surface area contributed by atoms with E-state index < -0.39 is 0 Å². The fraction of sp³-hybridized carbons (Fsp3) is 0.364. The molecule has 2 atom stereocenters. The fourth-order valence-corrected chi connectivity index (χ4v) is 2.15. The Morgan fingerprint density at radius 1 is 1.40 bits per heavy atom. The van der Waals surface area contributed by atoms with E-state index in [1.807, 2.05) is 17.8 Å². The van der Waals surface area contributed by atoms with Crippen molar-refractivity contribution in [1.29, 1.82) is 0 Å². The van der Waals surface area contributed by atoms with Gasteiger partial charge in [-0.2, -0.15) is 0 Å². The fourth-order valence-electron chi connectivity index (χ4n) is 1.51. The van der Waals surface area contributed by atoms with E-state index in [0.717, 1.165) is 0 Å². The van der Waals surface area contributed by atoms with Crippen molar-refractivity contribution in [2.75, 3.05) is 0 Å². The van der Waals surface area contributed by atoms with Gasteiger partial charge < -0.3 is 9.73 Å². The van der Waals surface area contributed by atoms with E-state index in [9.17, 15) is 0 Å². The Morgan fingerprint density at radius 3 is 2.87 bits per heavy atom. The van der Waals surface area contributed by atoms with Gasteiger partial charge in [0.2, 0.25) is 0 Å². The van der Waals surface area contributed by atoms with Gasteiger partial charge in [-0.25, -0.2) is 0 Å². The second-order valence-corrected chi connectivity index (χ2v) is 4.49. The summed E-state index contributed by atoms with van der Waals surface area (Å²) < 4.78 is 5.06. The molecule has 0 spiro atoms. The molecular weight excluding hydrogens is 208 g/mol. The van der Waals surface area contributed by atoms with E-state index in [-0.39, 0.29) is 0 Å². The molecule has 0 saturated carbocycles. The van der Waals surface area contributed by atoms with E-state index >= 15 is 0 Å². The van der Waals surface area contributed by atoms with Crippen LogP contribution in [0.15, 0.2) is 34.7 Å². The summed E-state index contributed by atoms with van der Waals surface area (Å²) in [6, 6.07) is 2.60. The van der Waals surface area contributed by atoms with Gasteiger partial charge in [-0.05, 0) is 19.9 Å². The molecular formula is C11H14N2OS. The van der Waals surface area contributed by atoms with Crippen LogP contribution in [-0.4, -0.2) is 4.98 Å². The number of aromatic nitrogens is 1. The summed E-state index contributed by atoms with van der Waals surface area (Å²) in [5.74, 6) is 0. The quantitative estimate of drug-likeness (QED) is 0.863. The molecule has 2 rings (SSSR count). The van der Waals surface area contributed by atoms with Gasteiger partial charge in [-0.3, -0.25) is 4.98 Å². The van der Waals surface area contributed by atoms with Crippen LogP contribution in [0.1, 0.15) is 36.4 Å². The van der Waals surface area contributed by atoms with Crippen molar-refractivity contribution < 1.29 is 4.42 Å². The molecule has 0 saturated heterocycles. The minimum absolute atomic E-state index is 0.292. The molecule has 4 heteroatoms. The average Bonchev–Trinajstić information content (AvgIpc) is 2.91. The van der Waals surface area contributed by atoms with Crippen LogP contribution in [0, 0.1) is 0 Å². The van der Waals surface area contributed by atoms with Gasteiger partial charge in [0.15, 0.2) is 0 Å². The molecule has 3 nitrogen and oxygen atoms in total. The monoisotopic (exact) mass is 222 g/mol. The van der Waals surface area contributed by atoms with Crippen LogP contribution in [0.5, 0.6) is 0 Å². The minimum Gasteiger partial charge on any atom is -0.472 e. The molecule has 0 aliphatic carbocycles. The van der Waals surface area contributed by atoms with Crippen LogP contribution in [0.4, 0.5) is 0 Å². The van der Waals surface area contributed by atoms with E-state index in [2.05, 4.69) is 24.1 Å². The Kier molecular flexibility index (Phi) is 3.18. The Bertz CT molecular complexity index is 344. The summed E-state index contributed by atoms with van der Waals surface area (Å²) >= 11 is 1.67. The summed E-state index contributed by atoms with van der Waals surface area (Å²) in [6.07, 6.45) is 5.38. The number of thiazole rings is 1. The Morgan fingerprint density at radius 2 is 2.27 bits per heavy atom. The maximum absolute atomic E-state index is 5.06. The molecule has 0 amide bonds. The number of nitrogens with one attached hydrogen (secondary N) is 1. The first-order chi connectivity index (χ1) is 7.27. The second kappa shape index (κ2) is 4.59. The first-order valence-electron chi connectivity index (χ1n) is 4.94. The average molecular weight is 222 g/mol. The van der Waals surface area contributed by atoms with Crippen LogP contribution in [-0.2, 0) is 0 Å². The summed E-state index contributed by atoms with van der Waals surface area (Å²) in [5, 5.41) is 3.50. The molecule has 0 fully saturated rings. The van der Waals surface area contributed by atoms with Crippen molar-refractivity contribution in [3.8, 4) is 0 Å². The highest BCUT2D eigenvalue weighted by Gasteiger charge is 2.12.